The highest BCUT2D eigenvalue weighted by Gasteiger charge is 2.36. The number of benzene rings is 3. The summed E-state index contributed by atoms with van der Waals surface area (Å²) in [6.07, 6.45) is 5.23. The van der Waals surface area contributed by atoms with Crippen LogP contribution in [0.5, 0.6) is 11.5 Å². The van der Waals surface area contributed by atoms with Crippen molar-refractivity contribution in [1.82, 2.24) is 15.2 Å². The molecule has 3 heterocycles. The molecule has 11 nitrogen and oxygen atoms in total. The number of piperidine rings is 2. The Morgan fingerprint density at radius 1 is 0.879 bits per heavy atom. The van der Waals surface area contributed by atoms with Crippen LogP contribution in [0.15, 0.2) is 83.3 Å². The third-order valence-electron chi connectivity index (χ3n) is 11.2. The van der Waals surface area contributed by atoms with Gasteiger partial charge in [0.25, 0.3) is 0 Å². The number of nitrogens with one attached hydrogen (secondary N) is 1. The van der Waals surface area contributed by atoms with Crippen molar-refractivity contribution in [3.63, 3.8) is 0 Å². The number of likely N-dealkylation sites (tertiary alicyclic amines) is 1. The molecule has 2 N–H and O–H groups in total. The van der Waals surface area contributed by atoms with Crippen molar-refractivity contribution in [2.75, 3.05) is 46.5 Å². The van der Waals surface area contributed by atoms with Gasteiger partial charge in [-0.1, -0.05) is 56.3 Å². The third kappa shape index (κ3) is 13.2. The molecule has 1 amide bonds. The smallest absolute Gasteiger partial charge is 0.409 e. The molecule has 2 saturated heterocycles. The maximum atomic E-state index is 12.4. The number of rotatable bonds is 16. The van der Waals surface area contributed by atoms with E-state index in [-0.39, 0.29) is 23.8 Å². The van der Waals surface area contributed by atoms with Crippen LogP contribution in [0.3, 0.4) is 0 Å². The van der Waals surface area contributed by atoms with Gasteiger partial charge in [-0.25, -0.2) is 9.78 Å². The number of oxazole rings is 1. The summed E-state index contributed by atoms with van der Waals surface area (Å²) >= 11 is 0. The minimum absolute atomic E-state index is 0.120. The van der Waals surface area contributed by atoms with Crippen LogP contribution in [0.1, 0.15) is 69.0 Å². The van der Waals surface area contributed by atoms with Gasteiger partial charge in [0.05, 0.1) is 31.9 Å². The number of ketones is 1. The number of aromatic nitrogens is 1. The fraction of sp³-hybridized carbons (Fsp3) is 0.489. The lowest BCUT2D eigenvalue weighted by Crippen LogP contribution is -2.46. The minimum atomic E-state index is -0.794. The van der Waals surface area contributed by atoms with Gasteiger partial charge in [0.2, 0.25) is 5.89 Å². The van der Waals surface area contributed by atoms with Crippen molar-refractivity contribution in [2.45, 2.75) is 72.6 Å². The largest absolute Gasteiger partial charge is 0.497 e. The van der Waals surface area contributed by atoms with Gasteiger partial charge in [0, 0.05) is 31.0 Å². The Morgan fingerprint density at radius 3 is 2.16 bits per heavy atom. The number of hydrogen-bond acceptors (Lipinski definition) is 9. The lowest BCUT2D eigenvalue weighted by molar-refractivity contribution is -0.145. The first-order chi connectivity index (χ1) is 28.0. The topological polar surface area (TPSA) is 140 Å². The molecule has 6 rings (SSSR count). The van der Waals surface area contributed by atoms with Crippen LogP contribution in [-0.4, -0.2) is 79.3 Å². The summed E-state index contributed by atoms with van der Waals surface area (Å²) in [4.78, 5) is 42.2. The van der Waals surface area contributed by atoms with Gasteiger partial charge in [0.1, 0.15) is 23.0 Å². The van der Waals surface area contributed by atoms with E-state index in [0.717, 1.165) is 72.9 Å². The second-order valence-electron chi connectivity index (χ2n) is 15.9. The summed E-state index contributed by atoms with van der Waals surface area (Å²) in [5.74, 6) is 3.04. The molecule has 2 unspecified atom stereocenters. The Balaban J connectivity index is 0.000000281. The molecule has 58 heavy (non-hydrogen) atoms. The Morgan fingerprint density at radius 2 is 1.53 bits per heavy atom. The Labute approximate surface area is 343 Å². The van der Waals surface area contributed by atoms with Crippen LogP contribution in [0.2, 0.25) is 0 Å². The van der Waals surface area contributed by atoms with Crippen molar-refractivity contribution >= 4 is 17.8 Å². The van der Waals surface area contributed by atoms with E-state index in [4.69, 9.17) is 18.6 Å². The van der Waals surface area contributed by atoms with E-state index in [9.17, 15) is 19.5 Å². The predicted octanol–water partition coefficient (Wildman–Crippen LogP) is 8.46. The SMILES string of the molecule is COc1ccc(CCC2CNCC[C@@H]2C(C)=O)cc1.Cc1oc(-c2ccccc2)nc1CCOc1ccc(CCC2CN(C(=O)OCC(C)C)CC[C@@H]2C(=O)O)cc1. The van der Waals surface area contributed by atoms with Crippen LogP contribution in [0.4, 0.5) is 4.79 Å². The fourth-order valence-electron chi connectivity index (χ4n) is 7.78. The number of ether oxygens (including phenoxy) is 3. The van der Waals surface area contributed by atoms with Gasteiger partial charge in [-0.05, 0) is 131 Å². The van der Waals surface area contributed by atoms with Gasteiger partial charge in [-0.2, -0.15) is 0 Å². The standard InChI is InChI=1S/C31H38N2O6.C16H23NO2/c1-21(2)20-38-31(36)33-17-15-27(30(34)35)25(19-33)12-9-23-10-13-26(14-11-23)37-18-16-28-22(3)39-29(32-28)24-7-5-4-6-8-24;1-12(18)16-9-10-17-11-14(16)6-3-13-4-7-15(19-2)8-5-13/h4-8,10-11,13-14,21,25,27H,9,12,15-20H2,1-3H3,(H,34,35);4-5,7-8,14,16-17H,3,6,9-11H2,1-2H3/t25?,27-;14?,16-/m01/s1. The highest BCUT2D eigenvalue weighted by atomic mass is 16.6. The monoisotopic (exact) mass is 795 g/mol. The maximum Gasteiger partial charge on any atom is 0.409 e. The van der Waals surface area contributed by atoms with Crippen molar-refractivity contribution in [3.05, 3.63) is 101 Å². The zero-order chi connectivity index (χ0) is 41.4. The first-order valence-electron chi connectivity index (χ1n) is 20.7. The summed E-state index contributed by atoms with van der Waals surface area (Å²) in [5.41, 5.74) is 4.25. The summed E-state index contributed by atoms with van der Waals surface area (Å²) < 4.78 is 22.3. The Bertz CT molecular complexity index is 1880. The van der Waals surface area contributed by atoms with Crippen molar-refractivity contribution in [2.24, 2.45) is 29.6 Å². The molecule has 2 aliphatic heterocycles. The molecule has 312 valence electrons. The first-order valence-corrected chi connectivity index (χ1v) is 20.7. The van der Waals surface area contributed by atoms with Crippen molar-refractivity contribution in [3.8, 4) is 23.0 Å². The number of methoxy groups -OCH3 is 1. The van der Waals surface area contributed by atoms with Crippen molar-refractivity contribution < 1.29 is 38.1 Å². The number of carbonyl (C=O) groups is 3. The zero-order valence-corrected chi connectivity index (χ0v) is 34.8. The summed E-state index contributed by atoms with van der Waals surface area (Å²) in [6.45, 7) is 11.2. The molecule has 1 aromatic heterocycles. The Kier molecular flexibility index (Phi) is 16.8. The number of carbonyl (C=O) groups excluding carboxylic acids is 2. The average molecular weight is 796 g/mol. The lowest BCUT2D eigenvalue weighted by atomic mass is 9.80. The lowest BCUT2D eigenvalue weighted by Gasteiger charge is -2.36. The number of carboxylic acid groups (broad SMARTS) is 1. The molecule has 4 atom stereocenters. The molecule has 0 bridgehead atoms. The molecule has 3 aromatic carbocycles. The van der Waals surface area contributed by atoms with E-state index in [1.807, 2.05) is 87.5 Å². The van der Waals surface area contributed by atoms with Gasteiger partial charge < -0.3 is 34.0 Å². The highest BCUT2D eigenvalue weighted by molar-refractivity contribution is 5.78. The van der Waals surface area contributed by atoms with Crippen molar-refractivity contribution in [1.29, 1.82) is 0 Å². The third-order valence-corrected chi connectivity index (χ3v) is 11.2. The second kappa shape index (κ2) is 22.1. The first kappa shape index (κ1) is 44.0. The van der Waals surface area contributed by atoms with Gasteiger partial charge in [0.15, 0.2) is 0 Å². The van der Waals surface area contributed by atoms with Crippen LogP contribution in [0.25, 0.3) is 11.5 Å². The van der Waals surface area contributed by atoms with Gasteiger partial charge in [-0.3, -0.25) is 9.59 Å². The van der Waals surface area contributed by atoms with Crippen LogP contribution in [0, 0.1) is 36.5 Å². The van der Waals surface area contributed by atoms with E-state index in [0.29, 0.717) is 63.2 Å². The second-order valence-corrected chi connectivity index (χ2v) is 15.9. The molecule has 11 heteroatoms. The molecular formula is C47H61N3O8. The van der Waals surface area contributed by atoms with Gasteiger partial charge in [-0.15, -0.1) is 0 Å². The molecule has 2 fully saturated rings. The van der Waals surface area contributed by atoms with E-state index < -0.39 is 11.9 Å². The number of nitrogens with zero attached hydrogens (tertiary/aromatic N) is 2. The summed E-state index contributed by atoms with van der Waals surface area (Å²) in [7, 11) is 1.68. The van der Waals surface area contributed by atoms with Crippen LogP contribution in [-0.2, 0) is 33.6 Å². The Hall–Kier alpha value is -5.16. The molecule has 0 saturated carbocycles. The van der Waals surface area contributed by atoms with Gasteiger partial charge >= 0.3 is 12.1 Å². The highest BCUT2D eigenvalue weighted by Crippen LogP contribution is 2.30. The van der Waals surface area contributed by atoms with Crippen LogP contribution >= 0.6 is 0 Å². The molecular weight excluding hydrogens is 735 g/mol. The maximum absolute atomic E-state index is 12.4. The van der Waals surface area contributed by atoms with E-state index in [1.54, 1.807) is 18.9 Å². The number of hydrogen-bond donors (Lipinski definition) is 2. The van der Waals surface area contributed by atoms with E-state index in [2.05, 4.69) is 22.4 Å². The minimum Gasteiger partial charge on any atom is -0.497 e. The molecule has 0 spiro atoms. The molecule has 2 aliphatic rings. The van der Waals surface area contributed by atoms with Crippen LogP contribution < -0.4 is 14.8 Å². The predicted molar refractivity (Wildman–Crippen MR) is 224 cm³/mol. The molecule has 0 radical (unpaired) electrons. The molecule has 0 aliphatic carbocycles. The number of aliphatic carboxylic acids is 1. The number of aryl methyl sites for hydroxylation is 3. The quantitative estimate of drug-likeness (QED) is 0.114. The average Bonchev–Trinajstić information content (AvgIpc) is 3.62. The molecule has 4 aromatic rings. The number of Topliss-reactive ketones (excluding diaryl/α,β-unsaturated/α-hetero) is 1. The fourth-order valence-corrected chi connectivity index (χ4v) is 7.78. The summed E-state index contributed by atoms with van der Waals surface area (Å²) in [5, 5.41) is 13.1. The number of amides is 1. The zero-order valence-electron chi connectivity index (χ0n) is 34.8. The number of carboxylic acids is 1. The van der Waals surface area contributed by atoms with E-state index >= 15 is 0 Å². The normalized spacial score (nSPS) is 19.2. The van der Waals surface area contributed by atoms with E-state index in [1.165, 1.54) is 5.56 Å². The summed E-state index contributed by atoms with van der Waals surface area (Å²) in [6, 6.07) is 25.9.